The molecule has 0 fully saturated rings. The molecule has 0 aromatic carbocycles. The fourth-order valence-corrected chi connectivity index (χ4v) is 1.49. The van der Waals surface area contributed by atoms with Crippen LogP contribution >= 0.6 is 11.8 Å². The molecule has 0 amide bonds. The first-order valence-electron chi connectivity index (χ1n) is 4.17. The van der Waals surface area contributed by atoms with Crippen molar-refractivity contribution < 1.29 is 19.1 Å². The molecule has 0 bridgehead atoms. The Kier molecular flexibility index (Phi) is 5.77. The molecule has 0 unspecified atom stereocenters. The average molecular weight is 230 g/mol. The summed E-state index contributed by atoms with van der Waals surface area (Å²) in [5.74, 6) is -2.21. The van der Waals surface area contributed by atoms with Gasteiger partial charge in [0, 0.05) is 19.1 Å². The van der Waals surface area contributed by atoms with Gasteiger partial charge in [0.2, 0.25) is 0 Å². The summed E-state index contributed by atoms with van der Waals surface area (Å²) in [5.41, 5.74) is 0. The summed E-state index contributed by atoms with van der Waals surface area (Å²) < 4.78 is 9.86. The smallest absolute Gasteiger partial charge is 0.333 e. The van der Waals surface area contributed by atoms with Gasteiger partial charge in [0.05, 0.1) is 5.75 Å². The summed E-state index contributed by atoms with van der Waals surface area (Å²) >= 11 is 1.39. The largest absolute Gasteiger partial charge is 0.419 e. The van der Waals surface area contributed by atoms with E-state index in [1.165, 1.54) is 18.7 Å². The van der Waals surface area contributed by atoms with E-state index in [0.717, 1.165) is 12.2 Å². The third kappa shape index (κ3) is 5.27. The van der Waals surface area contributed by atoms with Gasteiger partial charge < -0.3 is 9.47 Å². The normalized spacial score (nSPS) is 10.3. The quantitative estimate of drug-likeness (QED) is 0.393. The number of esters is 2. The Morgan fingerprint density at radius 3 is 1.93 bits per heavy atom. The topological polar surface area (TPSA) is 52.6 Å². The molecule has 84 valence electrons. The van der Waals surface area contributed by atoms with E-state index < -0.39 is 17.7 Å². The van der Waals surface area contributed by atoms with E-state index in [2.05, 4.69) is 13.2 Å². The number of hydrogen-bond donors (Lipinski definition) is 0. The molecule has 0 aliphatic carbocycles. The predicted molar refractivity (Wildman–Crippen MR) is 59.4 cm³/mol. The zero-order chi connectivity index (χ0) is 11.9. The third-order valence-corrected chi connectivity index (χ3v) is 2.19. The second kappa shape index (κ2) is 6.29. The number of carbonyl (C=O) groups excluding carboxylic acids is 2. The van der Waals surface area contributed by atoms with Gasteiger partial charge in [-0.2, -0.15) is 11.8 Å². The standard InChI is InChI=1S/C10H14O4S/c1-5-8(11)13-10(3,7-15-4)14-9(12)6-2/h5-6H,1-2,7H2,3-4H3. The van der Waals surface area contributed by atoms with Crippen LogP contribution in [0.15, 0.2) is 25.3 Å². The van der Waals surface area contributed by atoms with E-state index in [9.17, 15) is 9.59 Å². The van der Waals surface area contributed by atoms with Crippen molar-refractivity contribution in [1.82, 2.24) is 0 Å². The summed E-state index contributed by atoms with van der Waals surface area (Å²) in [6.07, 6.45) is 3.84. The lowest BCUT2D eigenvalue weighted by Gasteiger charge is -2.27. The number of hydrogen-bond acceptors (Lipinski definition) is 5. The van der Waals surface area contributed by atoms with E-state index >= 15 is 0 Å². The Labute approximate surface area is 93.3 Å². The lowest BCUT2D eigenvalue weighted by Crippen LogP contribution is -2.38. The molecule has 0 N–H and O–H groups in total. The van der Waals surface area contributed by atoms with Crippen LogP contribution in [0.4, 0.5) is 0 Å². The van der Waals surface area contributed by atoms with E-state index in [-0.39, 0.29) is 0 Å². The monoisotopic (exact) mass is 230 g/mol. The van der Waals surface area contributed by atoms with Gasteiger partial charge in [0.25, 0.3) is 5.79 Å². The Bertz CT molecular complexity index is 251. The van der Waals surface area contributed by atoms with Gasteiger partial charge in [-0.25, -0.2) is 9.59 Å². The molecular weight excluding hydrogens is 216 g/mol. The highest BCUT2D eigenvalue weighted by molar-refractivity contribution is 7.98. The third-order valence-electron chi connectivity index (χ3n) is 1.37. The molecule has 5 heteroatoms. The van der Waals surface area contributed by atoms with Crippen LogP contribution in [0.1, 0.15) is 6.92 Å². The van der Waals surface area contributed by atoms with Gasteiger partial charge >= 0.3 is 11.9 Å². The molecule has 0 heterocycles. The van der Waals surface area contributed by atoms with Crippen LogP contribution < -0.4 is 0 Å². The Hall–Kier alpha value is -1.23. The summed E-state index contributed by atoms with van der Waals surface area (Å²) in [5, 5.41) is 0. The molecule has 0 saturated heterocycles. The lowest BCUT2D eigenvalue weighted by atomic mass is 10.3. The first-order chi connectivity index (χ1) is 6.97. The van der Waals surface area contributed by atoms with Crippen LogP contribution in [0, 0.1) is 0 Å². The zero-order valence-corrected chi connectivity index (χ0v) is 9.63. The van der Waals surface area contributed by atoms with E-state index in [1.54, 1.807) is 0 Å². The SMILES string of the molecule is C=CC(=O)OC(C)(CSC)OC(=O)C=C. The van der Waals surface area contributed by atoms with Gasteiger partial charge in [-0.05, 0) is 6.26 Å². The van der Waals surface area contributed by atoms with Crippen molar-refractivity contribution in [2.24, 2.45) is 0 Å². The molecule has 0 spiro atoms. The fraction of sp³-hybridized carbons (Fsp3) is 0.400. The highest BCUT2D eigenvalue weighted by Crippen LogP contribution is 2.18. The Morgan fingerprint density at radius 2 is 1.67 bits per heavy atom. The minimum Gasteiger partial charge on any atom is -0.419 e. The Balaban J connectivity index is 4.56. The van der Waals surface area contributed by atoms with Crippen molar-refractivity contribution in [2.75, 3.05) is 12.0 Å². The molecule has 0 atom stereocenters. The van der Waals surface area contributed by atoms with Crippen molar-refractivity contribution in [3.8, 4) is 0 Å². The molecule has 0 saturated carbocycles. The van der Waals surface area contributed by atoms with Crippen molar-refractivity contribution in [1.29, 1.82) is 0 Å². The summed E-state index contributed by atoms with van der Waals surface area (Å²) in [7, 11) is 0. The van der Waals surface area contributed by atoms with Crippen molar-refractivity contribution in [2.45, 2.75) is 12.7 Å². The molecule has 0 aromatic heterocycles. The maximum atomic E-state index is 11.0. The summed E-state index contributed by atoms with van der Waals surface area (Å²) in [6.45, 7) is 8.03. The maximum absolute atomic E-state index is 11.0. The van der Waals surface area contributed by atoms with E-state index in [1.807, 2.05) is 6.26 Å². The molecule has 0 radical (unpaired) electrons. The molecular formula is C10H14O4S. The van der Waals surface area contributed by atoms with Crippen LogP contribution in [0.5, 0.6) is 0 Å². The van der Waals surface area contributed by atoms with Crippen LogP contribution in [-0.4, -0.2) is 29.7 Å². The van der Waals surface area contributed by atoms with Crippen LogP contribution in [0.2, 0.25) is 0 Å². The first-order valence-corrected chi connectivity index (χ1v) is 5.56. The fourth-order valence-electron chi connectivity index (χ4n) is 0.851. The minimum absolute atomic E-state index is 0.339. The highest BCUT2D eigenvalue weighted by atomic mass is 32.2. The highest BCUT2D eigenvalue weighted by Gasteiger charge is 2.31. The molecule has 15 heavy (non-hydrogen) atoms. The second-order valence-corrected chi connectivity index (χ2v) is 3.68. The van der Waals surface area contributed by atoms with Crippen LogP contribution in [0.3, 0.4) is 0 Å². The van der Waals surface area contributed by atoms with Gasteiger partial charge in [-0.15, -0.1) is 0 Å². The minimum atomic E-state index is -1.28. The summed E-state index contributed by atoms with van der Waals surface area (Å²) in [6, 6.07) is 0. The van der Waals surface area contributed by atoms with Crippen molar-refractivity contribution in [3.63, 3.8) is 0 Å². The van der Waals surface area contributed by atoms with E-state index in [0.29, 0.717) is 5.75 Å². The molecule has 0 rings (SSSR count). The number of carbonyl (C=O) groups is 2. The Morgan fingerprint density at radius 1 is 1.27 bits per heavy atom. The lowest BCUT2D eigenvalue weighted by molar-refractivity contribution is -0.207. The van der Waals surface area contributed by atoms with Crippen LogP contribution in [0.25, 0.3) is 0 Å². The maximum Gasteiger partial charge on any atom is 0.333 e. The van der Waals surface area contributed by atoms with Crippen molar-refractivity contribution >= 4 is 23.7 Å². The molecule has 4 nitrogen and oxygen atoms in total. The average Bonchev–Trinajstić information content (AvgIpc) is 2.17. The molecule has 0 aliphatic heterocycles. The molecule has 0 aliphatic rings. The van der Waals surface area contributed by atoms with Crippen molar-refractivity contribution in [3.05, 3.63) is 25.3 Å². The van der Waals surface area contributed by atoms with E-state index in [4.69, 9.17) is 9.47 Å². The van der Waals surface area contributed by atoms with Crippen LogP contribution in [-0.2, 0) is 19.1 Å². The summed E-state index contributed by atoms with van der Waals surface area (Å²) in [4.78, 5) is 22.0. The predicted octanol–water partition coefficient (Wildman–Crippen LogP) is 1.52. The van der Waals surface area contributed by atoms with Gasteiger partial charge in [0.15, 0.2) is 0 Å². The number of ether oxygens (including phenoxy) is 2. The number of rotatable bonds is 6. The first kappa shape index (κ1) is 13.8. The second-order valence-electron chi connectivity index (χ2n) is 2.82. The zero-order valence-electron chi connectivity index (χ0n) is 8.82. The number of thioether (sulfide) groups is 1. The van der Waals surface area contributed by atoms with Gasteiger partial charge in [-0.1, -0.05) is 13.2 Å². The molecule has 0 aromatic rings. The van der Waals surface area contributed by atoms with Gasteiger partial charge in [-0.3, -0.25) is 0 Å². The van der Waals surface area contributed by atoms with Gasteiger partial charge in [0.1, 0.15) is 0 Å².